The highest BCUT2D eigenvalue weighted by Gasteiger charge is 2.10. The molecule has 0 atom stereocenters. The Morgan fingerprint density at radius 1 is 1.00 bits per heavy atom. The summed E-state index contributed by atoms with van der Waals surface area (Å²) in [6, 6.07) is 9.76. The molecule has 0 amide bonds. The van der Waals surface area contributed by atoms with Gasteiger partial charge in [-0.15, -0.1) is 0 Å². The molecule has 3 rings (SSSR count). The average molecular weight is 341 g/mol. The minimum atomic E-state index is 0.279. The number of aromatic hydroxyl groups is 1. The maximum absolute atomic E-state index is 10.1. The fourth-order valence-electron chi connectivity index (χ4n) is 1.92. The summed E-state index contributed by atoms with van der Waals surface area (Å²) in [6.07, 6.45) is 0. The van der Waals surface area contributed by atoms with E-state index in [0.717, 1.165) is 26.3 Å². The van der Waals surface area contributed by atoms with Crippen LogP contribution >= 0.6 is 31.9 Å². The molecular weight excluding hydrogens is 334 g/mol. The summed E-state index contributed by atoms with van der Waals surface area (Å²) >= 11 is 6.77. The predicted molar refractivity (Wildman–Crippen MR) is 72.9 cm³/mol. The van der Waals surface area contributed by atoms with Crippen LogP contribution in [0.3, 0.4) is 0 Å². The van der Waals surface area contributed by atoms with Gasteiger partial charge in [0, 0.05) is 15.4 Å². The van der Waals surface area contributed by atoms with Crippen LogP contribution in [0, 0.1) is 0 Å². The van der Waals surface area contributed by atoms with Gasteiger partial charge in [0.1, 0.15) is 5.75 Å². The summed E-state index contributed by atoms with van der Waals surface area (Å²) in [4.78, 5) is 3.27. The molecule has 0 aliphatic carbocycles. The fraction of sp³-hybridized carbons (Fsp3) is 0. The van der Waals surface area contributed by atoms with Crippen LogP contribution < -0.4 is 0 Å². The number of phenolic OH excluding ortho intramolecular Hbond substituents is 1. The molecule has 80 valence electrons. The minimum Gasteiger partial charge on any atom is -0.506 e. The van der Waals surface area contributed by atoms with Crippen molar-refractivity contribution in [2.24, 2.45) is 0 Å². The number of benzene rings is 2. The summed E-state index contributed by atoms with van der Waals surface area (Å²) < 4.78 is 1.71. The predicted octanol–water partition coefficient (Wildman–Crippen LogP) is 4.55. The summed E-state index contributed by atoms with van der Waals surface area (Å²) in [7, 11) is 0. The van der Waals surface area contributed by atoms with Crippen LogP contribution in [0.15, 0.2) is 39.3 Å². The van der Waals surface area contributed by atoms with Gasteiger partial charge in [-0.3, -0.25) is 0 Å². The van der Waals surface area contributed by atoms with E-state index in [9.17, 15) is 5.11 Å². The van der Waals surface area contributed by atoms with Crippen LogP contribution in [0.2, 0.25) is 0 Å². The van der Waals surface area contributed by atoms with Gasteiger partial charge in [0.25, 0.3) is 0 Å². The largest absolute Gasteiger partial charge is 0.506 e. The lowest BCUT2D eigenvalue weighted by molar-refractivity contribution is 0.479. The van der Waals surface area contributed by atoms with Gasteiger partial charge in [0.05, 0.1) is 15.4 Å². The van der Waals surface area contributed by atoms with Gasteiger partial charge < -0.3 is 10.1 Å². The molecule has 1 aromatic heterocycles. The van der Waals surface area contributed by atoms with Crippen molar-refractivity contribution >= 4 is 53.7 Å². The molecule has 2 N–H and O–H groups in total. The van der Waals surface area contributed by atoms with E-state index in [0.29, 0.717) is 4.47 Å². The average Bonchev–Trinajstić information content (AvgIpc) is 2.62. The molecule has 0 saturated carbocycles. The van der Waals surface area contributed by atoms with E-state index >= 15 is 0 Å². The third-order valence-corrected chi connectivity index (χ3v) is 3.78. The SMILES string of the molecule is Oc1c(Br)ccc2[nH]c3ccc(Br)cc3c12. The van der Waals surface area contributed by atoms with Crippen molar-refractivity contribution in [3.05, 3.63) is 39.3 Å². The molecule has 0 saturated heterocycles. The number of nitrogens with one attached hydrogen (secondary N) is 1. The van der Waals surface area contributed by atoms with Gasteiger partial charge in [0.2, 0.25) is 0 Å². The van der Waals surface area contributed by atoms with E-state index in [-0.39, 0.29) is 5.75 Å². The van der Waals surface area contributed by atoms with Crippen LogP contribution in [0.1, 0.15) is 0 Å². The molecule has 2 aromatic carbocycles. The highest BCUT2D eigenvalue weighted by Crippen LogP contribution is 2.38. The topological polar surface area (TPSA) is 36.0 Å². The van der Waals surface area contributed by atoms with Crippen LogP contribution in [-0.2, 0) is 0 Å². The number of rotatable bonds is 0. The lowest BCUT2D eigenvalue weighted by atomic mass is 10.1. The lowest BCUT2D eigenvalue weighted by Crippen LogP contribution is -1.72. The highest BCUT2D eigenvalue weighted by atomic mass is 79.9. The van der Waals surface area contributed by atoms with Crippen LogP contribution in [0.25, 0.3) is 21.8 Å². The maximum atomic E-state index is 10.1. The molecule has 16 heavy (non-hydrogen) atoms. The Labute approximate surface area is 109 Å². The zero-order valence-corrected chi connectivity index (χ0v) is 11.3. The first-order valence-electron chi connectivity index (χ1n) is 4.75. The summed E-state index contributed by atoms with van der Waals surface area (Å²) in [5, 5.41) is 11.9. The Balaban J connectivity index is 2.60. The lowest BCUT2D eigenvalue weighted by Gasteiger charge is -1.99. The molecule has 0 spiro atoms. The number of fused-ring (bicyclic) bond motifs is 3. The van der Waals surface area contributed by atoms with Crippen molar-refractivity contribution in [2.45, 2.75) is 0 Å². The van der Waals surface area contributed by atoms with Crippen molar-refractivity contribution in [1.82, 2.24) is 4.98 Å². The molecule has 0 aliphatic rings. The van der Waals surface area contributed by atoms with Gasteiger partial charge >= 0.3 is 0 Å². The molecular formula is C12H7Br2NO. The molecule has 0 radical (unpaired) electrons. The number of hydrogen-bond donors (Lipinski definition) is 2. The summed E-state index contributed by atoms with van der Waals surface area (Å²) in [5.74, 6) is 0.279. The molecule has 4 heteroatoms. The van der Waals surface area contributed by atoms with Gasteiger partial charge in [-0.1, -0.05) is 15.9 Å². The van der Waals surface area contributed by atoms with E-state index in [4.69, 9.17) is 0 Å². The Morgan fingerprint density at radius 2 is 1.75 bits per heavy atom. The normalized spacial score (nSPS) is 11.4. The van der Waals surface area contributed by atoms with E-state index < -0.39 is 0 Å². The Kier molecular flexibility index (Phi) is 2.23. The number of H-pyrrole nitrogens is 1. The Bertz CT molecular complexity index is 703. The minimum absolute atomic E-state index is 0.279. The number of aromatic amines is 1. The summed E-state index contributed by atoms with van der Waals surface area (Å²) in [6.45, 7) is 0. The smallest absolute Gasteiger partial charge is 0.139 e. The van der Waals surface area contributed by atoms with Crippen molar-refractivity contribution in [1.29, 1.82) is 0 Å². The molecule has 2 nitrogen and oxygen atoms in total. The van der Waals surface area contributed by atoms with Crippen molar-refractivity contribution in [2.75, 3.05) is 0 Å². The fourth-order valence-corrected chi connectivity index (χ4v) is 2.61. The van der Waals surface area contributed by atoms with Crippen LogP contribution in [0.4, 0.5) is 0 Å². The van der Waals surface area contributed by atoms with Crippen molar-refractivity contribution in [3.63, 3.8) is 0 Å². The third kappa shape index (κ3) is 1.37. The highest BCUT2D eigenvalue weighted by molar-refractivity contribution is 9.10. The van der Waals surface area contributed by atoms with E-state index in [2.05, 4.69) is 36.8 Å². The van der Waals surface area contributed by atoms with E-state index in [1.165, 1.54) is 0 Å². The van der Waals surface area contributed by atoms with Gasteiger partial charge in [-0.25, -0.2) is 0 Å². The van der Waals surface area contributed by atoms with E-state index in [1.54, 1.807) is 0 Å². The third-order valence-electron chi connectivity index (χ3n) is 2.65. The number of aromatic nitrogens is 1. The summed E-state index contributed by atoms with van der Waals surface area (Å²) in [5.41, 5.74) is 1.96. The molecule has 0 bridgehead atoms. The molecule has 3 aromatic rings. The van der Waals surface area contributed by atoms with Gasteiger partial charge in [-0.2, -0.15) is 0 Å². The number of phenols is 1. The second-order valence-electron chi connectivity index (χ2n) is 3.63. The second kappa shape index (κ2) is 3.50. The van der Waals surface area contributed by atoms with Crippen molar-refractivity contribution in [3.8, 4) is 5.75 Å². The first-order valence-corrected chi connectivity index (χ1v) is 6.34. The molecule has 0 aliphatic heterocycles. The van der Waals surface area contributed by atoms with E-state index in [1.807, 2.05) is 30.3 Å². The first kappa shape index (κ1) is 10.2. The first-order chi connectivity index (χ1) is 7.66. The van der Waals surface area contributed by atoms with Crippen LogP contribution in [-0.4, -0.2) is 10.1 Å². The standard InChI is InChI=1S/C12H7Br2NO/c13-6-1-3-9-7(5-6)11-10(15-9)4-2-8(14)12(11)16/h1-5,15-16H. The zero-order valence-electron chi connectivity index (χ0n) is 8.09. The zero-order chi connectivity index (χ0) is 11.3. The van der Waals surface area contributed by atoms with Gasteiger partial charge in [0.15, 0.2) is 0 Å². The molecule has 1 heterocycles. The Morgan fingerprint density at radius 3 is 2.56 bits per heavy atom. The van der Waals surface area contributed by atoms with Gasteiger partial charge in [-0.05, 0) is 46.3 Å². The molecule has 0 unspecified atom stereocenters. The molecule has 0 fully saturated rings. The maximum Gasteiger partial charge on any atom is 0.139 e. The van der Waals surface area contributed by atoms with Crippen LogP contribution in [0.5, 0.6) is 5.75 Å². The number of halogens is 2. The Hall–Kier alpha value is -1.00. The monoisotopic (exact) mass is 339 g/mol. The van der Waals surface area contributed by atoms with Crippen molar-refractivity contribution < 1.29 is 5.11 Å². The number of hydrogen-bond acceptors (Lipinski definition) is 1. The quantitative estimate of drug-likeness (QED) is 0.618. The second-order valence-corrected chi connectivity index (χ2v) is 5.40.